The summed E-state index contributed by atoms with van der Waals surface area (Å²) >= 11 is 1.27. The minimum Gasteiger partial charge on any atom is -0.497 e. The Balaban J connectivity index is 1.81. The lowest BCUT2D eigenvalue weighted by molar-refractivity contribution is 0.0970. The highest BCUT2D eigenvalue weighted by molar-refractivity contribution is 7.15. The van der Waals surface area contributed by atoms with Crippen LogP contribution in [0, 0.1) is 6.92 Å². The number of hydrogen-bond donors (Lipinski definition) is 0. The fourth-order valence-corrected chi connectivity index (χ4v) is 4.23. The van der Waals surface area contributed by atoms with E-state index in [0.717, 1.165) is 0 Å². The summed E-state index contributed by atoms with van der Waals surface area (Å²) in [5.41, 5.74) is 0.984. The van der Waals surface area contributed by atoms with Gasteiger partial charge < -0.3 is 9.15 Å². The summed E-state index contributed by atoms with van der Waals surface area (Å²) < 4.78 is 11.1. The molecule has 29 heavy (non-hydrogen) atoms. The second kappa shape index (κ2) is 6.49. The van der Waals surface area contributed by atoms with Gasteiger partial charge in [-0.15, -0.1) is 10.2 Å². The number of carbonyl (C=O) groups is 1. The molecule has 0 N–H and O–H groups in total. The molecule has 4 heterocycles. The van der Waals surface area contributed by atoms with Crippen molar-refractivity contribution in [1.82, 2.24) is 15.2 Å². The maximum absolute atomic E-state index is 13.4. The summed E-state index contributed by atoms with van der Waals surface area (Å²) in [6.45, 7) is 1.80. The van der Waals surface area contributed by atoms with Crippen LogP contribution < -0.4 is 15.1 Å². The van der Waals surface area contributed by atoms with Crippen LogP contribution in [0.3, 0.4) is 0 Å². The third-order valence-corrected chi connectivity index (χ3v) is 5.64. The lowest BCUT2D eigenvalue weighted by atomic mass is 10.00. The summed E-state index contributed by atoms with van der Waals surface area (Å²) in [5.74, 6) is 0.0933. The van der Waals surface area contributed by atoms with Gasteiger partial charge in [0.15, 0.2) is 5.43 Å². The summed E-state index contributed by atoms with van der Waals surface area (Å²) in [6.07, 6.45) is 3.27. The SMILES string of the molecule is COc1ccc2c(=O)c3c(oc2c1)C(=O)N(c1nnc(C)s1)C3c1cccnc1. The van der Waals surface area contributed by atoms with Crippen LogP contribution in [-0.4, -0.2) is 28.2 Å². The normalized spacial score (nSPS) is 15.7. The van der Waals surface area contributed by atoms with E-state index in [2.05, 4.69) is 15.2 Å². The quantitative estimate of drug-likeness (QED) is 0.515. The van der Waals surface area contributed by atoms with E-state index in [4.69, 9.17) is 9.15 Å². The van der Waals surface area contributed by atoms with Crippen LogP contribution in [0.1, 0.15) is 32.7 Å². The van der Waals surface area contributed by atoms with Crippen LogP contribution in [0.4, 0.5) is 5.13 Å². The lowest BCUT2D eigenvalue weighted by Gasteiger charge is -2.21. The van der Waals surface area contributed by atoms with Gasteiger partial charge in [0, 0.05) is 18.5 Å². The maximum atomic E-state index is 13.4. The molecule has 9 heteroatoms. The van der Waals surface area contributed by atoms with Crippen LogP contribution in [-0.2, 0) is 0 Å². The molecular formula is C20H14N4O4S. The van der Waals surface area contributed by atoms with Gasteiger partial charge in [-0.3, -0.25) is 19.5 Å². The van der Waals surface area contributed by atoms with Gasteiger partial charge >= 0.3 is 0 Å². The molecule has 1 aromatic carbocycles. The van der Waals surface area contributed by atoms with Crippen LogP contribution in [0.5, 0.6) is 5.75 Å². The second-order valence-electron chi connectivity index (χ2n) is 6.50. The van der Waals surface area contributed by atoms with Crippen LogP contribution >= 0.6 is 11.3 Å². The molecule has 1 amide bonds. The molecule has 0 bridgehead atoms. The molecule has 0 fully saturated rings. The molecule has 1 aliphatic rings. The number of aryl methyl sites for hydroxylation is 1. The van der Waals surface area contributed by atoms with E-state index in [-0.39, 0.29) is 16.8 Å². The zero-order valence-electron chi connectivity index (χ0n) is 15.4. The first-order valence-corrected chi connectivity index (χ1v) is 9.58. The fourth-order valence-electron chi connectivity index (χ4n) is 3.51. The van der Waals surface area contributed by atoms with Crippen molar-refractivity contribution >= 4 is 33.3 Å². The Bertz CT molecular complexity index is 1320. The van der Waals surface area contributed by atoms with E-state index in [1.54, 1.807) is 43.6 Å². The van der Waals surface area contributed by atoms with Gasteiger partial charge in [-0.1, -0.05) is 17.4 Å². The van der Waals surface area contributed by atoms with Crippen molar-refractivity contribution in [3.8, 4) is 5.75 Å². The van der Waals surface area contributed by atoms with Crippen LogP contribution in [0.15, 0.2) is 51.9 Å². The standard InChI is InChI=1S/C20H14N4O4S/c1-10-22-23-20(29-10)24-16(11-4-3-7-21-9-11)15-17(25)13-6-5-12(27-2)8-14(13)28-18(15)19(24)26/h3-9,16H,1-2H3. The number of ether oxygens (including phenoxy) is 1. The highest BCUT2D eigenvalue weighted by atomic mass is 32.1. The predicted octanol–water partition coefficient (Wildman–Crippen LogP) is 3.11. The van der Waals surface area contributed by atoms with Crippen molar-refractivity contribution in [1.29, 1.82) is 0 Å². The van der Waals surface area contributed by atoms with Gasteiger partial charge in [-0.25, -0.2) is 0 Å². The summed E-state index contributed by atoms with van der Waals surface area (Å²) in [7, 11) is 1.52. The molecule has 1 atom stereocenters. The minimum absolute atomic E-state index is 0.00235. The van der Waals surface area contributed by atoms with E-state index in [1.165, 1.54) is 23.3 Å². The molecule has 1 unspecified atom stereocenters. The number of benzene rings is 1. The predicted molar refractivity (Wildman–Crippen MR) is 107 cm³/mol. The molecule has 0 radical (unpaired) electrons. The molecule has 0 aliphatic carbocycles. The molecule has 4 aromatic rings. The van der Waals surface area contributed by atoms with E-state index in [1.807, 2.05) is 6.07 Å². The first-order valence-electron chi connectivity index (χ1n) is 8.77. The highest BCUT2D eigenvalue weighted by Crippen LogP contribution is 2.41. The summed E-state index contributed by atoms with van der Waals surface area (Å²) in [6, 6.07) is 7.81. The number of nitrogens with zero attached hydrogens (tertiary/aromatic N) is 4. The Morgan fingerprint density at radius 3 is 2.76 bits per heavy atom. The zero-order chi connectivity index (χ0) is 20.1. The number of rotatable bonds is 3. The summed E-state index contributed by atoms with van der Waals surface area (Å²) in [4.78, 5) is 32.3. The van der Waals surface area contributed by atoms with Gasteiger partial charge in [0.2, 0.25) is 10.9 Å². The van der Waals surface area contributed by atoms with Crippen molar-refractivity contribution in [3.63, 3.8) is 0 Å². The highest BCUT2D eigenvalue weighted by Gasteiger charge is 2.45. The topological polar surface area (TPSA) is 98.4 Å². The first-order chi connectivity index (χ1) is 14.1. The van der Waals surface area contributed by atoms with Gasteiger partial charge in [0.25, 0.3) is 5.91 Å². The van der Waals surface area contributed by atoms with Crippen molar-refractivity contribution < 1.29 is 13.9 Å². The number of hydrogen-bond acceptors (Lipinski definition) is 8. The number of pyridine rings is 1. The molecule has 5 rings (SSSR count). The van der Waals surface area contributed by atoms with E-state index < -0.39 is 11.9 Å². The zero-order valence-corrected chi connectivity index (χ0v) is 16.3. The molecule has 0 saturated carbocycles. The maximum Gasteiger partial charge on any atom is 0.297 e. The Labute approximate surface area is 168 Å². The van der Waals surface area contributed by atoms with E-state index in [0.29, 0.717) is 32.4 Å². The average Bonchev–Trinajstić information content (AvgIpc) is 3.29. The molecule has 3 aromatic heterocycles. The molecule has 0 spiro atoms. The van der Waals surface area contributed by atoms with Crippen LogP contribution in [0.25, 0.3) is 11.0 Å². The number of amides is 1. The summed E-state index contributed by atoms with van der Waals surface area (Å²) in [5, 5.41) is 9.63. The second-order valence-corrected chi connectivity index (χ2v) is 7.66. The van der Waals surface area contributed by atoms with Gasteiger partial charge in [0.1, 0.15) is 16.3 Å². The first kappa shape index (κ1) is 17.5. The molecule has 0 saturated heterocycles. The third-order valence-electron chi connectivity index (χ3n) is 4.80. The van der Waals surface area contributed by atoms with E-state index in [9.17, 15) is 9.59 Å². The van der Waals surface area contributed by atoms with Crippen molar-refractivity contribution in [2.75, 3.05) is 12.0 Å². The number of anilines is 1. The largest absolute Gasteiger partial charge is 0.497 e. The van der Waals surface area contributed by atoms with Crippen LogP contribution in [0.2, 0.25) is 0 Å². The minimum atomic E-state index is -0.693. The number of carbonyl (C=O) groups excluding carboxylic acids is 1. The van der Waals surface area contributed by atoms with Gasteiger partial charge in [-0.2, -0.15) is 0 Å². The molecular weight excluding hydrogens is 392 g/mol. The molecule has 144 valence electrons. The average molecular weight is 406 g/mol. The fraction of sp³-hybridized carbons (Fsp3) is 0.150. The Morgan fingerprint density at radius 2 is 2.07 bits per heavy atom. The van der Waals surface area contributed by atoms with Gasteiger partial charge in [0.05, 0.1) is 24.1 Å². The molecule has 1 aliphatic heterocycles. The monoisotopic (exact) mass is 406 g/mol. The Morgan fingerprint density at radius 1 is 1.21 bits per heavy atom. The van der Waals surface area contributed by atoms with Gasteiger partial charge in [-0.05, 0) is 30.7 Å². The Kier molecular flexibility index (Phi) is 3.92. The van der Waals surface area contributed by atoms with Crippen molar-refractivity contribution in [2.45, 2.75) is 13.0 Å². The Hall–Kier alpha value is -3.59. The van der Waals surface area contributed by atoms with E-state index >= 15 is 0 Å². The smallest absolute Gasteiger partial charge is 0.297 e. The number of aromatic nitrogens is 3. The number of fused-ring (bicyclic) bond motifs is 2. The molecule has 8 nitrogen and oxygen atoms in total. The third kappa shape index (κ3) is 2.62. The number of methoxy groups -OCH3 is 1. The van der Waals surface area contributed by atoms with Crippen molar-refractivity contribution in [3.05, 3.63) is 74.8 Å². The van der Waals surface area contributed by atoms with Crippen molar-refractivity contribution in [2.24, 2.45) is 0 Å². The lowest BCUT2D eigenvalue weighted by Crippen LogP contribution is -2.29.